The Bertz CT molecular complexity index is 751. The highest BCUT2D eigenvalue weighted by Gasteiger charge is 2.48. The van der Waals surface area contributed by atoms with Crippen molar-refractivity contribution in [3.05, 3.63) is 48.6 Å². The van der Waals surface area contributed by atoms with E-state index in [1.54, 1.807) is 0 Å². The summed E-state index contributed by atoms with van der Waals surface area (Å²) in [5, 5.41) is 0. The SMILES string of the molecule is CCCCC/C=C\C/C=C\CCCCCCCCC1(CCCCCCCC/C=C\C/C=C\CCCCC)O[C@@H]2CCN(C)C[C@H]2O1. The number of hydrogen-bond acceptors (Lipinski definition) is 3. The van der Waals surface area contributed by atoms with Crippen molar-refractivity contribution in [2.45, 2.75) is 205 Å². The van der Waals surface area contributed by atoms with Crippen LogP contribution in [0.2, 0.25) is 0 Å². The molecule has 0 unspecified atom stereocenters. The Balaban J connectivity index is 1.53. The molecule has 0 bridgehead atoms. The lowest BCUT2D eigenvalue weighted by Gasteiger charge is -2.29. The molecule has 0 saturated carbocycles. The van der Waals surface area contributed by atoms with E-state index in [9.17, 15) is 0 Å². The maximum absolute atomic E-state index is 6.78. The summed E-state index contributed by atoms with van der Waals surface area (Å²) < 4.78 is 13.6. The highest BCUT2D eigenvalue weighted by molar-refractivity contribution is 4.94. The Kier molecular flexibility index (Phi) is 25.7. The predicted octanol–water partition coefficient (Wildman–Crippen LogP) is 13.2. The van der Waals surface area contributed by atoms with Crippen molar-refractivity contribution in [3.63, 3.8) is 0 Å². The minimum atomic E-state index is -0.314. The lowest BCUT2D eigenvalue weighted by Crippen LogP contribution is -2.43. The molecule has 2 aliphatic rings. The molecule has 2 heterocycles. The van der Waals surface area contributed by atoms with Crippen LogP contribution in [0.15, 0.2) is 48.6 Å². The van der Waals surface area contributed by atoms with Crippen LogP contribution in [0, 0.1) is 0 Å². The van der Waals surface area contributed by atoms with E-state index in [1.165, 1.54) is 141 Å². The van der Waals surface area contributed by atoms with Gasteiger partial charge >= 0.3 is 0 Å². The zero-order valence-corrected chi connectivity index (χ0v) is 31.0. The van der Waals surface area contributed by atoms with Crippen LogP contribution in [0.3, 0.4) is 0 Å². The van der Waals surface area contributed by atoms with E-state index in [0.29, 0.717) is 6.10 Å². The van der Waals surface area contributed by atoms with Gasteiger partial charge in [0, 0.05) is 25.9 Å². The molecule has 3 heteroatoms. The minimum Gasteiger partial charge on any atom is -0.344 e. The quantitative estimate of drug-likeness (QED) is 0.0576. The number of fused-ring (bicyclic) bond motifs is 1. The van der Waals surface area contributed by atoms with Crippen LogP contribution >= 0.6 is 0 Å². The normalized spacial score (nSPS) is 20.3. The fourth-order valence-corrected chi connectivity index (χ4v) is 7.00. The van der Waals surface area contributed by atoms with Gasteiger partial charge in [-0.25, -0.2) is 0 Å². The number of likely N-dealkylation sites (tertiary alicyclic amines) is 1. The number of rotatable bonds is 30. The third-order valence-electron chi connectivity index (χ3n) is 9.95. The molecule has 2 atom stereocenters. The van der Waals surface area contributed by atoms with Crippen LogP contribution in [-0.4, -0.2) is 43.0 Å². The summed E-state index contributed by atoms with van der Waals surface area (Å²) in [6, 6.07) is 0. The molecule has 3 nitrogen and oxygen atoms in total. The summed E-state index contributed by atoms with van der Waals surface area (Å²) in [5.74, 6) is -0.314. The Morgan fingerprint density at radius 3 is 1.35 bits per heavy atom. The van der Waals surface area contributed by atoms with Crippen LogP contribution in [0.4, 0.5) is 0 Å². The first kappa shape index (κ1) is 41.0. The van der Waals surface area contributed by atoms with Gasteiger partial charge in [0.05, 0.1) is 12.2 Å². The number of likely N-dealkylation sites (N-methyl/N-ethyl adjacent to an activating group) is 1. The molecule has 0 aromatic heterocycles. The molecule has 46 heavy (non-hydrogen) atoms. The van der Waals surface area contributed by atoms with Crippen molar-refractivity contribution < 1.29 is 9.47 Å². The molecule has 2 fully saturated rings. The maximum Gasteiger partial charge on any atom is 0.169 e. The standard InChI is InChI=1S/C43H77NO2/c1-4-6-8-10-12-14-16-18-20-22-24-26-28-30-32-34-37-43(45-41-36-39-44(3)40-42(41)46-43)38-35-33-31-29-27-25-23-21-19-17-15-13-11-9-7-5-2/h12-15,18-21,41-42H,4-11,16-17,22-40H2,1-3H3/b14-12-,15-13-,20-18-,21-19-/t41-,42-/m1/s1. The fourth-order valence-electron chi connectivity index (χ4n) is 7.00. The zero-order chi connectivity index (χ0) is 32.8. The van der Waals surface area contributed by atoms with Crippen LogP contribution in [0.5, 0.6) is 0 Å². The zero-order valence-electron chi connectivity index (χ0n) is 31.0. The first-order valence-corrected chi connectivity index (χ1v) is 20.3. The number of ether oxygens (including phenoxy) is 2. The molecule has 266 valence electrons. The molecule has 0 aromatic rings. The minimum absolute atomic E-state index is 0.271. The van der Waals surface area contributed by atoms with Gasteiger partial charge in [-0.1, -0.05) is 140 Å². The molecule has 2 aliphatic heterocycles. The summed E-state index contributed by atoms with van der Waals surface area (Å²) in [6.07, 6.45) is 53.8. The van der Waals surface area contributed by atoms with Crippen molar-refractivity contribution in [2.75, 3.05) is 20.1 Å². The topological polar surface area (TPSA) is 21.7 Å². The summed E-state index contributed by atoms with van der Waals surface area (Å²) >= 11 is 0. The van der Waals surface area contributed by atoms with E-state index in [4.69, 9.17) is 9.47 Å². The van der Waals surface area contributed by atoms with Crippen LogP contribution < -0.4 is 0 Å². The number of allylic oxidation sites excluding steroid dienone is 8. The number of nitrogens with zero attached hydrogens (tertiary/aromatic N) is 1. The number of unbranched alkanes of at least 4 members (excludes halogenated alkanes) is 18. The monoisotopic (exact) mass is 640 g/mol. The van der Waals surface area contributed by atoms with Crippen LogP contribution in [0.1, 0.15) is 187 Å². The van der Waals surface area contributed by atoms with Crippen LogP contribution in [0.25, 0.3) is 0 Å². The van der Waals surface area contributed by atoms with E-state index in [0.717, 1.165) is 45.2 Å². The van der Waals surface area contributed by atoms with Crippen molar-refractivity contribution in [3.8, 4) is 0 Å². The first-order chi connectivity index (χ1) is 22.7. The molecule has 0 radical (unpaired) electrons. The predicted molar refractivity (Wildman–Crippen MR) is 203 cm³/mol. The molecular formula is C43H77NO2. The molecule has 0 aliphatic carbocycles. The first-order valence-electron chi connectivity index (χ1n) is 20.3. The van der Waals surface area contributed by atoms with Crippen molar-refractivity contribution in [1.82, 2.24) is 4.90 Å². The highest BCUT2D eigenvalue weighted by atomic mass is 16.8. The van der Waals surface area contributed by atoms with E-state index in [1.807, 2.05) is 0 Å². The van der Waals surface area contributed by atoms with Crippen molar-refractivity contribution in [2.24, 2.45) is 0 Å². The lowest BCUT2D eigenvalue weighted by atomic mass is 9.98. The van der Waals surface area contributed by atoms with Crippen molar-refractivity contribution >= 4 is 0 Å². The van der Waals surface area contributed by atoms with Crippen molar-refractivity contribution in [1.29, 1.82) is 0 Å². The van der Waals surface area contributed by atoms with Gasteiger partial charge in [0.1, 0.15) is 0 Å². The van der Waals surface area contributed by atoms with Crippen LogP contribution in [-0.2, 0) is 9.47 Å². The second-order valence-corrected chi connectivity index (χ2v) is 14.4. The Hall–Kier alpha value is -1.16. The lowest BCUT2D eigenvalue weighted by molar-refractivity contribution is -0.185. The number of hydrogen-bond donors (Lipinski definition) is 0. The van der Waals surface area contributed by atoms with Gasteiger partial charge in [0.2, 0.25) is 0 Å². The van der Waals surface area contributed by atoms with Gasteiger partial charge in [-0.15, -0.1) is 0 Å². The van der Waals surface area contributed by atoms with Gasteiger partial charge in [0.25, 0.3) is 0 Å². The summed E-state index contributed by atoms with van der Waals surface area (Å²) in [4.78, 5) is 2.42. The summed E-state index contributed by atoms with van der Waals surface area (Å²) in [6.45, 7) is 6.70. The second-order valence-electron chi connectivity index (χ2n) is 14.4. The smallest absolute Gasteiger partial charge is 0.169 e. The van der Waals surface area contributed by atoms with E-state index < -0.39 is 0 Å². The van der Waals surface area contributed by atoms with Gasteiger partial charge in [0.15, 0.2) is 5.79 Å². The Morgan fingerprint density at radius 2 is 0.891 bits per heavy atom. The fraction of sp³-hybridized carbons (Fsp3) is 0.814. The molecule has 2 rings (SSSR count). The molecular weight excluding hydrogens is 562 g/mol. The number of piperidine rings is 1. The van der Waals surface area contributed by atoms with E-state index in [-0.39, 0.29) is 11.9 Å². The molecule has 0 N–H and O–H groups in total. The Labute approximate surface area is 287 Å². The average Bonchev–Trinajstić information content (AvgIpc) is 3.41. The third-order valence-corrected chi connectivity index (χ3v) is 9.95. The largest absolute Gasteiger partial charge is 0.344 e. The molecule has 0 spiro atoms. The van der Waals surface area contributed by atoms with Gasteiger partial charge in [-0.05, 0) is 90.5 Å². The van der Waals surface area contributed by atoms with Gasteiger partial charge in [-0.2, -0.15) is 0 Å². The Morgan fingerprint density at radius 1 is 0.500 bits per heavy atom. The maximum atomic E-state index is 6.78. The second kappa shape index (κ2) is 28.8. The molecule has 2 saturated heterocycles. The molecule has 0 aromatic carbocycles. The summed E-state index contributed by atoms with van der Waals surface area (Å²) in [7, 11) is 2.23. The van der Waals surface area contributed by atoms with E-state index in [2.05, 4.69) is 74.4 Å². The van der Waals surface area contributed by atoms with Gasteiger partial charge in [-0.3, -0.25) is 0 Å². The highest BCUT2D eigenvalue weighted by Crippen LogP contribution is 2.40. The average molecular weight is 640 g/mol. The van der Waals surface area contributed by atoms with E-state index >= 15 is 0 Å². The third kappa shape index (κ3) is 20.9. The van der Waals surface area contributed by atoms with Gasteiger partial charge < -0.3 is 14.4 Å². The molecule has 0 amide bonds. The summed E-state index contributed by atoms with van der Waals surface area (Å²) in [5.41, 5.74) is 0.